The maximum atomic E-state index is 8.93. The molecule has 1 saturated heterocycles. The molecule has 1 fully saturated rings. The van der Waals surface area contributed by atoms with E-state index >= 15 is 0 Å². The Kier molecular flexibility index (Phi) is 6.99. The Labute approximate surface area is 197 Å². The fourth-order valence-electron chi connectivity index (χ4n) is 3.75. The lowest BCUT2D eigenvalue weighted by Gasteiger charge is -2.33. The smallest absolute Gasteiger partial charge is 0.324 e. The fraction of sp³-hybridized carbons (Fsp3) is 0.435. The monoisotopic (exact) mass is 465 g/mol. The summed E-state index contributed by atoms with van der Waals surface area (Å²) in [6, 6.07) is 9.97. The highest BCUT2D eigenvalue weighted by atomic mass is 32.2. The molecule has 4 rings (SSSR count). The molecule has 2 N–H and O–H groups in total. The van der Waals surface area contributed by atoms with Gasteiger partial charge in [-0.2, -0.15) is 10.2 Å². The molecule has 3 heterocycles. The number of aromatic amines is 1. The molecule has 0 amide bonds. The summed E-state index contributed by atoms with van der Waals surface area (Å²) in [5, 5.41) is 21.9. The Hall–Kier alpha value is -3.32. The molecule has 1 atom stereocenters. The third kappa shape index (κ3) is 5.54. The summed E-state index contributed by atoms with van der Waals surface area (Å²) >= 11 is 1.16. The molecule has 33 heavy (non-hydrogen) atoms. The molecule has 1 aromatic carbocycles. The van der Waals surface area contributed by atoms with Crippen LogP contribution in [0.2, 0.25) is 0 Å². The van der Waals surface area contributed by atoms with Crippen LogP contribution in [-0.4, -0.2) is 44.5 Å². The number of hydrogen-bond donors (Lipinski definition) is 2. The second kappa shape index (κ2) is 10.1. The number of nitrogens with one attached hydrogen (secondary N) is 2. The average molecular weight is 466 g/mol. The van der Waals surface area contributed by atoms with Crippen molar-refractivity contribution in [1.82, 2.24) is 20.1 Å². The first-order chi connectivity index (χ1) is 15.9. The van der Waals surface area contributed by atoms with Gasteiger partial charge in [-0.3, -0.25) is 5.41 Å². The zero-order valence-electron chi connectivity index (χ0n) is 18.9. The average Bonchev–Trinajstić information content (AvgIpc) is 3.49. The van der Waals surface area contributed by atoms with Crippen molar-refractivity contribution in [2.24, 2.45) is 5.92 Å². The van der Waals surface area contributed by atoms with Crippen LogP contribution in [0.5, 0.6) is 0 Å². The van der Waals surface area contributed by atoms with Gasteiger partial charge in [0, 0.05) is 30.8 Å². The van der Waals surface area contributed by atoms with Crippen molar-refractivity contribution < 1.29 is 9.26 Å². The maximum Gasteiger partial charge on any atom is 0.324 e. The maximum absolute atomic E-state index is 8.93. The zero-order chi connectivity index (χ0) is 23.4. The topological polar surface area (TPSA) is 128 Å². The van der Waals surface area contributed by atoms with Crippen LogP contribution in [0, 0.1) is 22.7 Å². The molecule has 0 bridgehead atoms. The van der Waals surface area contributed by atoms with Crippen LogP contribution in [0.3, 0.4) is 0 Å². The van der Waals surface area contributed by atoms with Gasteiger partial charge in [0.25, 0.3) is 5.23 Å². The van der Waals surface area contributed by atoms with Crippen molar-refractivity contribution >= 4 is 23.0 Å². The van der Waals surface area contributed by atoms with Gasteiger partial charge in [0.1, 0.15) is 6.10 Å². The van der Waals surface area contributed by atoms with Crippen LogP contribution in [0.1, 0.15) is 50.9 Å². The molecule has 10 heteroatoms. The lowest BCUT2D eigenvalue weighted by molar-refractivity contribution is 0.124. The van der Waals surface area contributed by atoms with Gasteiger partial charge in [-0.05, 0) is 43.4 Å². The quantitative estimate of drug-likeness (QED) is 0.302. The standard InChI is InChI=1S/C23H27N7O2S/c1-14(2)20-28-23(32-29-20)30-10-8-17(9-11-30)15(3)31-21(25)33-22-26-13-19(27-22)18-6-4-16(12-24)5-7-18/h4-7,13-15,17,25H,8-11H2,1-3H3,(H,26,27). The number of hydrogen-bond acceptors (Lipinski definition) is 9. The number of piperidine rings is 1. The first kappa shape index (κ1) is 22.9. The van der Waals surface area contributed by atoms with E-state index in [1.165, 1.54) is 0 Å². The number of aromatic nitrogens is 4. The molecule has 0 aliphatic carbocycles. The lowest BCUT2D eigenvalue weighted by atomic mass is 9.92. The Morgan fingerprint density at radius 3 is 2.64 bits per heavy atom. The Morgan fingerprint density at radius 1 is 1.27 bits per heavy atom. The van der Waals surface area contributed by atoms with Crippen molar-refractivity contribution in [3.8, 4) is 17.3 Å². The minimum atomic E-state index is -0.0750. The van der Waals surface area contributed by atoms with Gasteiger partial charge < -0.3 is 19.1 Å². The first-order valence-electron chi connectivity index (χ1n) is 11.0. The number of benzene rings is 1. The van der Waals surface area contributed by atoms with Crippen molar-refractivity contribution in [2.45, 2.75) is 50.8 Å². The van der Waals surface area contributed by atoms with Gasteiger partial charge in [-0.1, -0.05) is 31.1 Å². The van der Waals surface area contributed by atoms with E-state index in [2.05, 4.69) is 31.1 Å². The van der Waals surface area contributed by atoms with Gasteiger partial charge in [-0.25, -0.2) is 4.98 Å². The molecule has 0 saturated carbocycles. The largest absolute Gasteiger partial charge is 0.470 e. The second-order valence-electron chi connectivity index (χ2n) is 8.42. The van der Waals surface area contributed by atoms with Crippen LogP contribution in [-0.2, 0) is 4.74 Å². The summed E-state index contributed by atoms with van der Waals surface area (Å²) in [5.41, 5.74) is 2.37. The summed E-state index contributed by atoms with van der Waals surface area (Å²) < 4.78 is 11.3. The van der Waals surface area contributed by atoms with Crippen molar-refractivity contribution in [2.75, 3.05) is 18.0 Å². The minimum Gasteiger partial charge on any atom is -0.470 e. The van der Waals surface area contributed by atoms with E-state index in [0.717, 1.165) is 54.8 Å². The zero-order valence-corrected chi connectivity index (χ0v) is 19.7. The first-order valence-corrected chi connectivity index (χ1v) is 11.8. The number of rotatable bonds is 6. The number of anilines is 1. The number of nitrogens with zero attached hydrogens (tertiary/aromatic N) is 5. The van der Waals surface area contributed by atoms with Crippen LogP contribution < -0.4 is 4.90 Å². The van der Waals surface area contributed by atoms with Crippen molar-refractivity contribution in [3.05, 3.63) is 41.9 Å². The predicted molar refractivity (Wildman–Crippen MR) is 126 cm³/mol. The summed E-state index contributed by atoms with van der Waals surface area (Å²) in [6.45, 7) is 7.76. The number of thioether (sulfide) groups is 1. The van der Waals surface area contributed by atoms with E-state index in [0.29, 0.717) is 22.7 Å². The molecule has 2 aromatic heterocycles. The van der Waals surface area contributed by atoms with E-state index in [4.69, 9.17) is 19.9 Å². The molecular formula is C23H27N7O2S. The molecule has 1 unspecified atom stereocenters. The van der Waals surface area contributed by atoms with Gasteiger partial charge in [0.15, 0.2) is 11.0 Å². The van der Waals surface area contributed by atoms with E-state index in [9.17, 15) is 0 Å². The minimum absolute atomic E-state index is 0.0750. The molecule has 3 aromatic rings. The summed E-state index contributed by atoms with van der Waals surface area (Å²) in [5.74, 6) is 1.32. The van der Waals surface area contributed by atoms with Crippen LogP contribution in [0.4, 0.5) is 6.01 Å². The Morgan fingerprint density at radius 2 is 2.00 bits per heavy atom. The van der Waals surface area contributed by atoms with E-state index < -0.39 is 0 Å². The van der Waals surface area contributed by atoms with E-state index in [1.54, 1.807) is 18.3 Å². The highest BCUT2D eigenvalue weighted by Crippen LogP contribution is 2.28. The number of nitriles is 1. The number of imidazole rings is 1. The molecule has 1 aliphatic rings. The Balaban J connectivity index is 1.26. The second-order valence-corrected chi connectivity index (χ2v) is 9.38. The van der Waals surface area contributed by atoms with Gasteiger partial charge >= 0.3 is 6.01 Å². The van der Waals surface area contributed by atoms with Crippen molar-refractivity contribution in [3.63, 3.8) is 0 Å². The SMILES string of the molecule is CC(C)c1noc(N2CCC(C(C)OC(=N)Sc3ncc(-c4ccc(C#N)cc4)[nH]3)CC2)n1. The van der Waals surface area contributed by atoms with Crippen molar-refractivity contribution in [1.29, 1.82) is 10.7 Å². The Bertz CT molecular complexity index is 1120. The summed E-state index contributed by atoms with van der Waals surface area (Å²) in [4.78, 5) is 14.2. The summed E-state index contributed by atoms with van der Waals surface area (Å²) in [7, 11) is 0. The van der Waals surface area contributed by atoms with Gasteiger partial charge in [0.2, 0.25) is 0 Å². The van der Waals surface area contributed by atoms with Crippen LogP contribution in [0.25, 0.3) is 11.3 Å². The number of H-pyrrole nitrogens is 1. The fourth-order valence-corrected chi connectivity index (χ4v) is 4.39. The molecule has 172 valence electrons. The third-order valence-corrected chi connectivity index (χ3v) is 6.46. The highest BCUT2D eigenvalue weighted by Gasteiger charge is 2.28. The van der Waals surface area contributed by atoms with Crippen LogP contribution >= 0.6 is 11.8 Å². The van der Waals surface area contributed by atoms with E-state index in [-0.39, 0.29) is 17.3 Å². The van der Waals surface area contributed by atoms with E-state index in [1.807, 2.05) is 32.9 Å². The molecule has 9 nitrogen and oxygen atoms in total. The molecular weight excluding hydrogens is 438 g/mol. The lowest BCUT2D eigenvalue weighted by Crippen LogP contribution is -2.38. The van der Waals surface area contributed by atoms with Gasteiger partial charge in [-0.15, -0.1) is 0 Å². The van der Waals surface area contributed by atoms with Gasteiger partial charge in [0.05, 0.1) is 23.5 Å². The van der Waals surface area contributed by atoms with Crippen LogP contribution in [0.15, 0.2) is 40.1 Å². The summed E-state index contributed by atoms with van der Waals surface area (Å²) in [6.07, 6.45) is 3.51. The number of ether oxygens (including phenoxy) is 1. The molecule has 1 aliphatic heterocycles. The highest BCUT2D eigenvalue weighted by molar-refractivity contribution is 8.13. The normalized spacial score (nSPS) is 15.4. The molecule has 0 spiro atoms. The third-order valence-electron chi connectivity index (χ3n) is 5.78. The molecule has 0 radical (unpaired) electrons. The predicted octanol–water partition coefficient (Wildman–Crippen LogP) is 4.80.